The Labute approximate surface area is 105 Å². The van der Waals surface area contributed by atoms with Gasteiger partial charge in [0.1, 0.15) is 12.2 Å². The molecule has 0 unspecified atom stereocenters. The van der Waals surface area contributed by atoms with E-state index in [4.69, 9.17) is 5.11 Å². The van der Waals surface area contributed by atoms with Gasteiger partial charge in [-0.25, -0.2) is 4.79 Å². The van der Waals surface area contributed by atoms with Crippen molar-refractivity contribution in [3.8, 4) is 0 Å². The largest absolute Gasteiger partial charge is 0.478 e. The van der Waals surface area contributed by atoms with Gasteiger partial charge in [-0.15, -0.1) is 10.2 Å². The van der Waals surface area contributed by atoms with Crippen molar-refractivity contribution in [2.75, 3.05) is 6.54 Å². The summed E-state index contributed by atoms with van der Waals surface area (Å²) in [5, 5.41) is 19.0. The Bertz CT molecular complexity index is 490. The van der Waals surface area contributed by atoms with E-state index in [1.807, 2.05) is 7.05 Å². The maximum absolute atomic E-state index is 11.6. The fraction of sp³-hybridized carbons (Fsp3) is 0.455. The van der Waals surface area contributed by atoms with Crippen molar-refractivity contribution in [2.24, 2.45) is 7.05 Å². The number of aryl methyl sites for hydroxylation is 1. The van der Waals surface area contributed by atoms with Gasteiger partial charge in [0.15, 0.2) is 0 Å². The minimum Gasteiger partial charge on any atom is -0.478 e. The van der Waals surface area contributed by atoms with E-state index in [2.05, 4.69) is 15.5 Å². The van der Waals surface area contributed by atoms with Crippen molar-refractivity contribution < 1.29 is 14.7 Å². The summed E-state index contributed by atoms with van der Waals surface area (Å²) >= 11 is 0. The molecule has 2 N–H and O–H groups in total. The highest BCUT2D eigenvalue weighted by Gasteiger charge is 2.12. The zero-order valence-electron chi connectivity index (χ0n) is 10.6. The van der Waals surface area contributed by atoms with Crippen molar-refractivity contribution in [3.63, 3.8) is 0 Å². The molecular weight excluding hydrogens is 236 g/mol. The molecule has 0 bridgehead atoms. The van der Waals surface area contributed by atoms with Crippen LogP contribution in [0.3, 0.4) is 0 Å². The number of rotatable bonds is 5. The Morgan fingerprint density at radius 1 is 1.39 bits per heavy atom. The second-order valence-corrected chi connectivity index (χ2v) is 3.92. The molecule has 1 heterocycles. The minimum atomic E-state index is -1.09. The van der Waals surface area contributed by atoms with Gasteiger partial charge in [-0.1, -0.05) is 0 Å². The Balaban J connectivity index is 2.50. The predicted octanol–water partition coefficient (Wildman–Crippen LogP) is -0.105. The number of hydrogen-bond acceptors (Lipinski definition) is 4. The quantitative estimate of drug-likeness (QED) is 0.713. The van der Waals surface area contributed by atoms with E-state index < -0.39 is 5.97 Å². The van der Waals surface area contributed by atoms with Crippen LogP contribution in [-0.4, -0.2) is 38.3 Å². The number of hydrogen-bond donors (Lipinski definition) is 2. The summed E-state index contributed by atoms with van der Waals surface area (Å²) in [4.78, 5) is 22.3. The molecule has 18 heavy (non-hydrogen) atoms. The van der Waals surface area contributed by atoms with Crippen LogP contribution >= 0.6 is 0 Å². The van der Waals surface area contributed by atoms with Crippen molar-refractivity contribution in [1.29, 1.82) is 0 Å². The Kier molecular flexibility index (Phi) is 4.59. The number of aliphatic carboxylic acids is 1. The Hall–Kier alpha value is -2.18. The first-order valence-electron chi connectivity index (χ1n) is 5.45. The first-order chi connectivity index (χ1) is 8.43. The normalized spacial score (nSPS) is 11.9. The van der Waals surface area contributed by atoms with E-state index in [-0.39, 0.29) is 17.1 Å². The average Bonchev–Trinajstić information content (AvgIpc) is 2.73. The Morgan fingerprint density at radius 2 is 2.06 bits per heavy atom. The zero-order chi connectivity index (χ0) is 13.7. The lowest BCUT2D eigenvalue weighted by Crippen LogP contribution is -2.28. The smallest absolute Gasteiger partial charge is 0.331 e. The van der Waals surface area contributed by atoms with Gasteiger partial charge in [-0.2, -0.15) is 0 Å². The fourth-order valence-corrected chi connectivity index (χ4v) is 1.28. The SMILES string of the molecule is CC(C(=O)O)=C(C)C(=O)NCCc1nncn1C. The highest BCUT2D eigenvalue weighted by molar-refractivity contribution is 6.01. The molecule has 0 atom stereocenters. The Morgan fingerprint density at radius 3 is 2.56 bits per heavy atom. The fourth-order valence-electron chi connectivity index (χ4n) is 1.28. The lowest BCUT2D eigenvalue weighted by molar-refractivity contribution is -0.133. The standard InChI is InChI=1S/C11H16N4O3/c1-7(8(2)11(17)18)10(16)12-5-4-9-14-13-6-15(9)3/h6H,4-5H2,1-3H3,(H,12,16)(H,17,18). The summed E-state index contributed by atoms with van der Waals surface area (Å²) < 4.78 is 1.76. The summed E-state index contributed by atoms with van der Waals surface area (Å²) in [6.45, 7) is 3.27. The highest BCUT2D eigenvalue weighted by Crippen LogP contribution is 2.03. The van der Waals surface area contributed by atoms with Gasteiger partial charge in [0, 0.05) is 31.2 Å². The molecule has 1 aromatic rings. The second-order valence-electron chi connectivity index (χ2n) is 3.92. The summed E-state index contributed by atoms with van der Waals surface area (Å²) in [6.07, 6.45) is 2.12. The van der Waals surface area contributed by atoms with Gasteiger partial charge in [0.25, 0.3) is 0 Å². The first-order valence-corrected chi connectivity index (χ1v) is 5.45. The molecule has 0 fully saturated rings. The molecule has 0 radical (unpaired) electrons. The molecule has 1 rings (SSSR count). The molecule has 7 nitrogen and oxygen atoms in total. The van der Waals surface area contributed by atoms with Gasteiger partial charge in [0.2, 0.25) is 5.91 Å². The van der Waals surface area contributed by atoms with Crippen LogP contribution in [-0.2, 0) is 23.1 Å². The van der Waals surface area contributed by atoms with Crippen LogP contribution in [0, 0.1) is 0 Å². The highest BCUT2D eigenvalue weighted by atomic mass is 16.4. The number of carbonyl (C=O) groups is 2. The van der Waals surface area contributed by atoms with Gasteiger partial charge in [-0.05, 0) is 13.8 Å². The molecule has 1 amide bonds. The van der Waals surface area contributed by atoms with Crippen LogP contribution in [0.15, 0.2) is 17.5 Å². The first kappa shape index (κ1) is 13.9. The topological polar surface area (TPSA) is 97.1 Å². The molecule has 0 aliphatic heterocycles. The lowest BCUT2D eigenvalue weighted by atomic mass is 10.1. The monoisotopic (exact) mass is 252 g/mol. The van der Waals surface area contributed by atoms with E-state index in [0.29, 0.717) is 13.0 Å². The number of amides is 1. The van der Waals surface area contributed by atoms with Crippen LogP contribution in [0.25, 0.3) is 0 Å². The molecule has 98 valence electrons. The average molecular weight is 252 g/mol. The van der Waals surface area contributed by atoms with Crippen LogP contribution in [0.1, 0.15) is 19.7 Å². The van der Waals surface area contributed by atoms with E-state index in [9.17, 15) is 9.59 Å². The molecule has 0 saturated heterocycles. The number of aromatic nitrogens is 3. The number of nitrogens with one attached hydrogen (secondary N) is 1. The maximum atomic E-state index is 11.6. The van der Waals surface area contributed by atoms with Crippen LogP contribution < -0.4 is 5.32 Å². The van der Waals surface area contributed by atoms with E-state index in [0.717, 1.165) is 5.82 Å². The van der Waals surface area contributed by atoms with Crippen LogP contribution in [0.4, 0.5) is 0 Å². The van der Waals surface area contributed by atoms with Crippen LogP contribution in [0.5, 0.6) is 0 Å². The van der Waals surface area contributed by atoms with Gasteiger partial charge in [0.05, 0.1) is 0 Å². The molecule has 1 aromatic heterocycles. The summed E-state index contributed by atoms with van der Waals surface area (Å²) in [7, 11) is 1.82. The summed E-state index contributed by atoms with van der Waals surface area (Å²) in [5.41, 5.74) is 0.256. The minimum absolute atomic E-state index is 0.0474. The molecule has 0 aliphatic rings. The van der Waals surface area contributed by atoms with Gasteiger partial charge in [-0.3, -0.25) is 4.79 Å². The van der Waals surface area contributed by atoms with Crippen molar-refractivity contribution in [2.45, 2.75) is 20.3 Å². The number of carboxylic acids is 1. The van der Waals surface area contributed by atoms with Crippen molar-refractivity contribution in [3.05, 3.63) is 23.3 Å². The number of nitrogens with zero attached hydrogens (tertiary/aromatic N) is 3. The molecule has 0 saturated carbocycles. The summed E-state index contributed by atoms with van der Waals surface area (Å²) in [6, 6.07) is 0. The van der Waals surface area contributed by atoms with Crippen molar-refractivity contribution >= 4 is 11.9 Å². The molecular formula is C11H16N4O3. The molecule has 0 aromatic carbocycles. The van der Waals surface area contributed by atoms with Crippen LogP contribution in [0.2, 0.25) is 0 Å². The van der Waals surface area contributed by atoms with E-state index in [1.165, 1.54) is 13.8 Å². The van der Waals surface area contributed by atoms with E-state index >= 15 is 0 Å². The van der Waals surface area contributed by atoms with E-state index in [1.54, 1.807) is 10.9 Å². The second kappa shape index (κ2) is 5.95. The maximum Gasteiger partial charge on any atom is 0.331 e. The van der Waals surface area contributed by atoms with Gasteiger partial charge >= 0.3 is 5.97 Å². The molecule has 0 spiro atoms. The number of carboxylic acid groups (broad SMARTS) is 1. The summed E-state index contributed by atoms with van der Waals surface area (Å²) in [5.74, 6) is -0.708. The molecule has 7 heteroatoms. The lowest BCUT2D eigenvalue weighted by Gasteiger charge is -2.06. The molecule has 0 aliphatic carbocycles. The zero-order valence-corrected chi connectivity index (χ0v) is 10.6. The number of carbonyl (C=O) groups excluding carboxylic acids is 1. The third-order valence-corrected chi connectivity index (χ3v) is 2.66. The predicted molar refractivity (Wildman–Crippen MR) is 63.7 cm³/mol. The van der Waals surface area contributed by atoms with Crippen molar-refractivity contribution in [1.82, 2.24) is 20.1 Å². The third-order valence-electron chi connectivity index (χ3n) is 2.66. The van der Waals surface area contributed by atoms with Gasteiger partial charge < -0.3 is 15.0 Å². The third kappa shape index (κ3) is 3.41.